The highest BCUT2D eigenvalue weighted by atomic mass is 15.3. The van der Waals surface area contributed by atoms with Crippen molar-refractivity contribution in [2.45, 2.75) is 53.0 Å². The first-order valence-electron chi connectivity index (χ1n) is 8.15. The molecule has 6 heteroatoms. The Morgan fingerprint density at radius 2 is 1.71 bits per heavy atom. The molecule has 0 amide bonds. The van der Waals surface area contributed by atoms with Gasteiger partial charge >= 0.3 is 0 Å². The van der Waals surface area contributed by atoms with E-state index in [1.54, 1.807) is 0 Å². The summed E-state index contributed by atoms with van der Waals surface area (Å²) in [7, 11) is 0. The summed E-state index contributed by atoms with van der Waals surface area (Å²) in [5.74, 6) is 2.68. The van der Waals surface area contributed by atoms with E-state index in [1.807, 2.05) is 0 Å². The quantitative estimate of drug-likeness (QED) is 0.805. The van der Waals surface area contributed by atoms with E-state index in [0.29, 0.717) is 23.9 Å². The van der Waals surface area contributed by atoms with Crippen molar-refractivity contribution in [1.29, 1.82) is 0 Å². The molecule has 1 saturated heterocycles. The molecule has 0 saturated carbocycles. The van der Waals surface area contributed by atoms with Crippen molar-refractivity contribution in [3.8, 4) is 0 Å². The van der Waals surface area contributed by atoms with Crippen LogP contribution in [0, 0.1) is 5.92 Å². The molecule has 1 aliphatic rings. The van der Waals surface area contributed by atoms with E-state index in [4.69, 9.17) is 0 Å². The van der Waals surface area contributed by atoms with Crippen molar-refractivity contribution in [1.82, 2.24) is 15.0 Å². The maximum absolute atomic E-state index is 4.62. The van der Waals surface area contributed by atoms with Crippen LogP contribution in [0.15, 0.2) is 0 Å². The van der Waals surface area contributed by atoms with Crippen molar-refractivity contribution in [3.63, 3.8) is 0 Å². The van der Waals surface area contributed by atoms with E-state index >= 15 is 0 Å². The predicted octanol–water partition coefficient (Wildman–Crippen LogP) is 2.75. The highest BCUT2D eigenvalue weighted by Crippen LogP contribution is 2.20. The van der Waals surface area contributed by atoms with Gasteiger partial charge in [-0.1, -0.05) is 20.8 Å². The van der Waals surface area contributed by atoms with Gasteiger partial charge in [-0.3, -0.25) is 0 Å². The van der Waals surface area contributed by atoms with Crippen LogP contribution in [0.25, 0.3) is 0 Å². The lowest BCUT2D eigenvalue weighted by atomic mass is 10.0. The molecule has 1 aromatic heterocycles. The minimum absolute atomic E-state index is 0.383. The number of anilines is 3. The molecule has 0 radical (unpaired) electrons. The fourth-order valence-corrected chi connectivity index (χ4v) is 2.63. The monoisotopic (exact) mass is 292 g/mol. The van der Waals surface area contributed by atoms with E-state index in [0.717, 1.165) is 32.0 Å². The van der Waals surface area contributed by atoms with Gasteiger partial charge in [-0.05, 0) is 32.1 Å². The fourth-order valence-electron chi connectivity index (χ4n) is 2.63. The number of aromatic nitrogens is 3. The lowest BCUT2D eigenvalue weighted by Gasteiger charge is -2.22. The molecular weight excluding hydrogens is 264 g/mol. The molecule has 1 aromatic rings. The third-order valence-electron chi connectivity index (χ3n) is 3.91. The summed E-state index contributed by atoms with van der Waals surface area (Å²) in [6.07, 6.45) is 3.49. The van der Waals surface area contributed by atoms with Crippen LogP contribution < -0.4 is 15.5 Å². The molecule has 0 bridgehead atoms. The second-order valence-electron chi connectivity index (χ2n) is 5.91. The molecule has 2 heterocycles. The van der Waals surface area contributed by atoms with Crippen LogP contribution in [-0.2, 0) is 0 Å². The second-order valence-corrected chi connectivity index (χ2v) is 5.91. The predicted molar refractivity (Wildman–Crippen MR) is 88.0 cm³/mol. The van der Waals surface area contributed by atoms with Gasteiger partial charge in [0.05, 0.1) is 0 Å². The zero-order valence-electron chi connectivity index (χ0n) is 13.7. The van der Waals surface area contributed by atoms with Gasteiger partial charge in [0, 0.05) is 25.7 Å². The molecule has 1 fully saturated rings. The number of hydrogen-bond acceptors (Lipinski definition) is 6. The molecule has 0 spiro atoms. The van der Waals surface area contributed by atoms with Crippen molar-refractivity contribution in [2.24, 2.45) is 5.92 Å². The van der Waals surface area contributed by atoms with Gasteiger partial charge in [-0.2, -0.15) is 15.0 Å². The van der Waals surface area contributed by atoms with Crippen LogP contribution in [0.1, 0.15) is 47.0 Å². The number of rotatable bonds is 7. The van der Waals surface area contributed by atoms with Crippen LogP contribution in [0.3, 0.4) is 0 Å². The van der Waals surface area contributed by atoms with Crippen LogP contribution >= 0.6 is 0 Å². The van der Waals surface area contributed by atoms with E-state index in [-0.39, 0.29) is 0 Å². The molecule has 6 nitrogen and oxygen atoms in total. The normalized spacial score (nSPS) is 16.3. The molecule has 118 valence electrons. The van der Waals surface area contributed by atoms with Gasteiger partial charge in [-0.15, -0.1) is 0 Å². The maximum atomic E-state index is 4.62. The molecule has 0 aromatic carbocycles. The lowest BCUT2D eigenvalue weighted by Crippen LogP contribution is -2.27. The van der Waals surface area contributed by atoms with E-state index in [1.165, 1.54) is 12.8 Å². The molecule has 0 aliphatic carbocycles. The third-order valence-corrected chi connectivity index (χ3v) is 3.91. The first-order chi connectivity index (χ1) is 10.1. The van der Waals surface area contributed by atoms with Gasteiger partial charge < -0.3 is 15.5 Å². The Hall–Kier alpha value is -1.59. The van der Waals surface area contributed by atoms with Crippen LogP contribution in [0.5, 0.6) is 0 Å². The molecule has 1 aliphatic heterocycles. The Morgan fingerprint density at radius 3 is 2.29 bits per heavy atom. The minimum Gasteiger partial charge on any atom is -0.354 e. The first-order valence-corrected chi connectivity index (χ1v) is 8.15. The van der Waals surface area contributed by atoms with Gasteiger partial charge in [0.15, 0.2) is 0 Å². The van der Waals surface area contributed by atoms with Crippen molar-refractivity contribution >= 4 is 17.8 Å². The fraction of sp³-hybridized carbons (Fsp3) is 0.800. The van der Waals surface area contributed by atoms with E-state index in [2.05, 4.69) is 58.2 Å². The Labute approximate surface area is 127 Å². The molecule has 1 unspecified atom stereocenters. The first kappa shape index (κ1) is 15.8. The van der Waals surface area contributed by atoms with Gasteiger partial charge in [0.2, 0.25) is 17.8 Å². The summed E-state index contributed by atoms with van der Waals surface area (Å²) in [6.45, 7) is 11.6. The minimum atomic E-state index is 0.383. The SMILES string of the molecule is CCNc1nc(NC(CC)C(C)C)nc(N2CCCC2)n1. The molecule has 21 heavy (non-hydrogen) atoms. The van der Waals surface area contributed by atoms with Crippen LogP contribution in [0.2, 0.25) is 0 Å². The standard InChI is InChI=1S/C15H28N6/c1-5-12(11(3)4)17-14-18-13(16-6-2)19-15(20-14)21-9-7-8-10-21/h11-12H,5-10H2,1-4H3,(H2,16,17,18,19,20). The third kappa shape index (κ3) is 4.19. The Morgan fingerprint density at radius 1 is 1.05 bits per heavy atom. The summed E-state index contributed by atoms with van der Waals surface area (Å²) in [4.78, 5) is 15.9. The van der Waals surface area contributed by atoms with Gasteiger partial charge in [0.25, 0.3) is 0 Å². The van der Waals surface area contributed by atoms with Crippen molar-refractivity contribution in [3.05, 3.63) is 0 Å². The average molecular weight is 292 g/mol. The Kier molecular flexibility index (Phi) is 5.59. The number of hydrogen-bond donors (Lipinski definition) is 2. The van der Waals surface area contributed by atoms with Crippen LogP contribution in [-0.4, -0.2) is 40.6 Å². The van der Waals surface area contributed by atoms with E-state index < -0.39 is 0 Å². The largest absolute Gasteiger partial charge is 0.354 e. The van der Waals surface area contributed by atoms with Crippen molar-refractivity contribution < 1.29 is 0 Å². The molecule has 2 rings (SSSR count). The molecule has 2 N–H and O–H groups in total. The topological polar surface area (TPSA) is 66.0 Å². The Balaban J connectivity index is 2.22. The summed E-state index contributed by atoms with van der Waals surface area (Å²) in [6, 6.07) is 0.383. The van der Waals surface area contributed by atoms with Gasteiger partial charge in [0.1, 0.15) is 0 Å². The van der Waals surface area contributed by atoms with E-state index in [9.17, 15) is 0 Å². The highest BCUT2D eigenvalue weighted by Gasteiger charge is 2.19. The molecular formula is C15H28N6. The summed E-state index contributed by atoms with van der Waals surface area (Å²) < 4.78 is 0. The highest BCUT2D eigenvalue weighted by molar-refractivity contribution is 5.44. The number of nitrogens with one attached hydrogen (secondary N) is 2. The van der Waals surface area contributed by atoms with Gasteiger partial charge in [-0.25, -0.2) is 0 Å². The average Bonchev–Trinajstić information content (AvgIpc) is 2.99. The van der Waals surface area contributed by atoms with Crippen LogP contribution in [0.4, 0.5) is 17.8 Å². The zero-order chi connectivity index (χ0) is 15.2. The zero-order valence-corrected chi connectivity index (χ0v) is 13.7. The summed E-state index contributed by atoms with van der Waals surface area (Å²) in [5, 5.41) is 6.67. The second kappa shape index (κ2) is 7.43. The maximum Gasteiger partial charge on any atom is 0.231 e. The Bertz CT molecular complexity index is 442. The summed E-state index contributed by atoms with van der Waals surface area (Å²) >= 11 is 0. The molecule has 1 atom stereocenters. The summed E-state index contributed by atoms with van der Waals surface area (Å²) in [5.41, 5.74) is 0. The van der Waals surface area contributed by atoms with Crippen molar-refractivity contribution in [2.75, 3.05) is 35.2 Å². The smallest absolute Gasteiger partial charge is 0.231 e. The number of nitrogens with zero attached hydrogens (tertiary/aromatic N) is 4. The lowest BCUT2D eigenvalue weighted by molar-refractivity contribution is 0.508.